The molecule has 102 valence electrons. The summed E-state index contributed by atoms with van der Waals surface area (Å²) in [6, 6.07) is 7.75. The topological polar surface area (TPSA) is 91.6 Å². The molecule has 20 heavy (non-hydrogen) atoms. The Kier molecular flexibility index (Phi) is 3.03. The van der Waals surface area contributed by atoms with Gasteiger partial charge in [0.1, 0.15) is 5.39 Å². The first-order chi connectivity index (χ1) is 9.69. The molecule has 1 aromatic carbocycles. The number of hydrogen-bond donors (Lipinski definition) is 1. The number of fused-ring (bicyclic) bond motifs is 1. The Morgan fingerprint density at radius 2 is 1.90 bits per heavy atom. The van der Waals surface area contributed by atoms with Gasteiger partial charge in [-0.05, 0) is 11.1 Å². The van der Waals surface area contributed by atoms with E-state index in [1.807, 2.05) is 24.3 Å². The molecule has 0 aliphatic carbocycles. The van der Waals surface area contributed by atoms with Crippen molar-refractivity contribution in [2.24, 2.45) is 12.8 Å². The van der Waals surface area contributed by atoms with Crippen molar-refractivity contribution in [3.63, 3.8) is 0 Å². The van der Waals surface area contributed by atoms with E-state index in [0.29, 0.717) is 24.1 Å². The summed E-state index contributed by atoms with van der Waals surface area (Å²) in [4.78, 5) is 12.3. The van der Waals surface area contributed by atoms with Crippen LogP contribution in [0.1, 0.15) is 11.1 Å². The Morgan fingerprint density at radius 3 is 2.60 bits per heavy atom. The maximum atomic E-state index is 12.3. The minimum atomic E-state index is -0.189. The van der Waals surface area contributed by atoms with Crippen molar-refractivity contribution in [1.82, 2.24) is 24.8 Å². The third-order valence-electron chi connectivity index (χ3n) is 3.21. The zero-order valence-corrected chi connectivity index (χ0v) is 11.0. The Labute approximate surface area is 114 Å². The summed E-state index contributed by atoms with van der Waals surface area (Å²) in [6.45, 7) is 0.878. The summed E-state index contributed by atoms with van der Waals surface area (Å²) >= 11 is 0. The van der Waals surface area contributed by atoms with Crippen LogP contribution in [0.4, 0.5) is 0 Å². The maximum absolute atomic E-state index is 12.3. The fourth-order valence-corrected chi connectivity index (χ4v) is 2.03. The molecule has 7 nitrogen and oxygen atoms in total. The first-order valence-corrected chi connectivity index (χ1v) is 6.22. The van der Waals surface area contributed by atoms with E-state index in [2.05, 4.69) is 15.4 Å². The molecule has 0 saturated carbocycles. The van der Waals surface area contributed by atoms with E-state index >= 15 is 0 Å². The predicted octanol–water partition coefficient (Wildman–Crippen LogP) is 0.0320. The summed E-state index contributed by atoms with van der Waals surface area (Å²) in [5.74, 6) is 0. The van der Waals surface area contributed by atoms with Crippen molar-refractivity contribution in [1.29, 1.82) is 0 Å². The van der Waals surface area contributed by atoms with Gasteiger partial charge in [0.15, 0.2) is 5.65 Å². The van der Waals surface area contributed by atoms with Gasteiger partial charge < -0.3 is 5.73 Å². The largest absolute Gasteiger partial charge is 0.326 e. The first-order valence-electron chi connectivity index (χ1n) is 6.22. The molecule has 2 N–H and O–H groups in total. The lowest BCUT2D eigenvalue weighted by atomic mass is 10.1. The summed E-state index contributed by atoms with van der Waals surface area (Å²) in [7, 11) is 1.73. The van der Waals surface area contributed by atoms with Gasteiger partial charge in [-0.2, -0.15) is 5.10 Å². The molecular formula is C13H14N6O. The summed E-state index contributed by atoms with van der Waals surface area (Å²) < 4.78 is 2.87. The number of nitrogens with zero attached hydrogens (tertiary/aromatic N) is 5. The van der Waals surface area contributed by atoms with Crippen LogP contribution in [0, 0.1) is 0 Å². The monoisotopic (exact) mass is 270 g/mol. The lowest BCUT2D eigenvalue weighted by Gasteiger charge is -2.04. The van der Waals surface area contributed by atoms with Crippen molar-refractivity contribution >= 4 is 11.0 Å². The highest BCUT2D eigenvalue weighted by molar-refractivity contribution is 5.72. The second-order valence-electron chi connectivity index (χ2n) is 4.58. The second kappa shape index (κ2) is 4.86. The van der Waals surface area contributed by atoms with Crippen molar-refractivity contribution in [3.05, 3.63) is 51.9 Å². The minimum absolute atomic E-state index is 0.189. The Balaban J connectivity index is 1.97. The average molecular weight is 270 g/mol. The molecule has 0 aliphatic rings. The van der Waals surface area contributed by atoms with Gasteiger partial charge in [0.25, 0.3) is 5.56 Å². The summed E-state index contributed by atoms with van der Waals surface area (Å²) in [5.41, 5.74) is 7.88. The summed E-state index contributed by atoms with van der Waals surface area (Å²) in [5, 5.41) is 12.5. The lowest BCUT2D eigenvalue weighted by molar-refractivity contribution is 0.595. The Morgan fingerprint density at radius 1 is 1.20 bits per heavy atom. The van der Waals surface area contributed by atoms with Crippen molar-refractivity contribution in [2.75, 3.05) is 0 Å². The standard InChI is InChI=1S/C13H14N6O/c1-18-12-11(7-15-18)13(20)19(17-16-12)8-10-4-2-9(6-14)3-5-10/h2-5,7H,6,8,14H2,1H3. The molecular weight excluding hydrogens is 256 g/mol. The number of nitrogens with two attached hydrogens (primary N) is 1. The smallest absolute Gasteiger partial charge is 0.281 e. The molecule has 3 aromatic rings. The van der Waals surface area contributed by atoms with E-state index in [4.69, 9.17) is 5.73 Å². The van der Waals surface area contributed by atoms with Gasteiger partial charge in [0.2, 0.25) is 0 Å². The number of aromatic nitrogens is 5. The minimum Gasteiger partial charge on any atom is -0.326 e. The Bertz CT molecular complexity index is 802. The third-order valence-corrected chi connectivity index (χ3v) is 3.21. The zero-order chi connectivity index (χ0) is 14.1. The molecule has 0 saturated heterocycles. The highest BCUT2D eigenvalue weighted by Gasteiger charge is 2.09. The normalized spacial score (nSPS) is 11.1. The van der Waals surface area contributed by atoms with Crippen LogP contribution in [0.3, 0.4) is 0 Å². The highest BCUT2D eigenvalue weighted by Crippen LogP contribution is 2.06. The molecule has 7 heteroatoms. The van der Waals surface area contributed by atoms with Gasteiger partial charge >= 0.3 is 0 Å². The Hall–Kier alpha value is -2.54. The number of benzene rings is 1. The maximum Gasteiger partial charge on any atom is 0.281 e. The van der Waals surface area contributed by atoms with E-state index in [-0.39, 0.29) is 5.56 Å². The van der Waals surface area contributed by atoms with Gasteiger partial charge in [-0.25, -0.2) is 9.36 Å². The van der Waals surface area contributed by atoms with Gasteiger partial charge in [-0.1, -0.05) is 29.5 Å². The highest BCUT2D eigenvalue weighted by atomic mass is 16.1. The zero-order valence-electron chi connectivity index (χ0n) is 11.0. The third kappa shape index (κ3) is 2.08. The van der Waals surface area contributed by atoms with Gasteiger partial charge in [-0.3, -0.25) is 4.79 Å². The van der Waals surface area contributed by atoms with E-state index in [1.54, 1.807) is 7.05 Å². The number of aryl methyl sites for hydroxylation is 1. The molecule has 0 amide bonds. The molecule has 0 fully saturated rings. The van der Waals surface area contributed by atoms with Gasteiger partial charge in [0, 0.05) is 13.6 Å². The summed E-state index contributed by atoms with van der Waals surface area (Å²) in [6.07, 6.45) is 1.51. The van der Waals surface area contributed by atoms with Crippen LogP contribution in [-0.2, 0) is 20.1 Å². The van der Waals surface area contributed by atoms with Crippen LogP contribution >= 0.6 is 0 Å². The fourth-order valence-electron chi connectivity index (χ4n) is 2.03. The van der Waals surface area contributed by atoms with Crippen LogP contribution < -0.4 is 11.3 Å². The van der Waals surface area contributed by atoms with Crippen LogP contribution in [0.25, 0.3) is 11.0 Å². The van der Waals surface area contributed by atoms with Crippen molar-refractivity contribution in [2.45, 2.75) is 13.1 Å². The van der Waals surface area contributed by atoms with Crippen molar-refractivity contribution in [3.8, 4) is 0 Å². The van der Waals surface area contributed by atoms with Crippen LogP contribution in [0.15, 0.2) is 35.3 Å². The van der Waals surface area contributed by atoms with Gasteiger partial charge in [0.05, 0.1) is 12.7 Å². The molecule has 0 aliphatic heterocycles. The number of hydrogen-bond acceptors (Lipinski definition) is 5. The van der Waals surface area contributed by atoms with Crippen LogP contribution in [0.2, 0.25) is 0 Å². The molecule has 0 radical (unpaired) electrons. The van der Waals surface area contributed by atoms with Crippen molar-refractivity contribution < 1.29 is 0 Å². The molecule has 2 aromatic heterocycles. The molecule has 0 atom stereocenters. The van der Waals surface area contributed by atoms with E-state index in [9.17, 15) is 4.79 Å². The van der Waals surface area contributed by atoms with E-state index in [0.717, 1.165) is 11.1 Å². The van der Waals surface area contributed by atoms with Crippen LogP contribution in [0.5, 0.6) is 0 Å². The van der Waals surface area contributed by atoms with E-state index < -0.39 is 0 Å². The van der Waals surface area contributed by atoms with Gasteiger partial charge in [-0.15, -0.1) is 5.10 Å². The van der Waals surface area contributed by atoms with E-state index in [1.165, 1.54) is 15.6 Å². The fraction of sp³-hybridized carbons (Fsp3) is 0.231. The number of rotatable bonds is 3. The predicted molar refractivity (Wildman–Crippen MR) is 74.0 cm³/mol. The quantitative estimate of drug-likeness (QED) is 0.725. The van der Waals surface area contributed by atoms with Crippen LogP contribution in [-0.4, -0.2) is 24.8 Å². The average Bonchev–Trinajstić information content (AvgIpc) is 2.85. The molecule has 0 spiro atoms. The molecule has 0 unspecified atom stereocenters. The lowest BCUT2D eigenvalue weighted by Crippen LogP contribution is -2.24. The molecule has 3 rings (SSSR count). The molecule has 2 heterocycles. The second-order valence-corrected chi connectivity index (χ2v) is 4.58. The first kappa shape index (κ1) is 12.5. The SMILES string of the molecule is Cn1ncc2c(=O)n(Cc3ccc(CN)cc3)nnc21. The molecule has 0 bridgehead atoms.